The van der Waals surface area contributed by atoms with Gasteiger partial charge in [-0.1, -0.05) is 25.3 Å². The van der Waals surface area contributed by atoms with Gasteiger partial charge in [-0.15, -0.1) is 10.2 Å². The van der Waals surface area contributed by atoms with Gasteiger partial charge < -0.3 is 14.3 Å². The van der Waals surface area contributed by atoms with Crippen molar-refractivity contribution in [3.8, 4) is 0 Å². The van der Waals surface area contributed by atoms with Crippen molar-refractivity contribution in [2.24, 2.45) is 0 Å². The molecule has 0 amide bonds. The molecule has 6 nitrogen and oxygen atoms in total. The Kier molecular flexibility index (Phi) is 5.07. The molecule has 0 atom stereocenters. The Morgan fingerprint density at radius 3 is 2.78 bits per heavy atom. The summed E-state index contributed by atoms with van der Waals surface area (Å²) >= 11 is 0. The van der Waals surface area contributed by atoms with Gasteiger partial charge in [-0.2, -0.15) is 0 Å². The highest BCUT2D eigenvalue weighted by atomic mass is 16.4. The monoisotopic (exact) mass is 366 g/mol. The lowest BCUT2D eigenvalue weighted by Gasteiger charge is -2.24. The number of hydrogen-bond acceptors (Lipinski definition) is 5. The Labute approximate surface area is 158 Å². The molecule has 1 saturated carbocycles. The lowest BCUT2D eigenvalue weighted by molar-refractivity contribution is 0.343. The topological polar surface area (TPSA) is 73.0 Å². The first-order chi connectivity index (χ1) is 13.1. The van der Waals surface area contributed by atoms with Crippen molar-refractivity contribution in [1.82, 2.24) is 20.1 Å². The smallest absolute Gasteiger partial charge is 0.336 e. The molecule has 6 heteroatoms. The molecule has 0 saturated heterocycles. The van der Waals surface area contributed by atoms with Crippen LogP contribution in [0, 0.1) is 13.8 Å². The van der Waals surface area contributed by atoms with Gasteiger partial charge in [0.2, 0.25) is 0 Å². The van der Waals surface area contributed by atoms with Crippen LogP contribution in [0.1, 0.15) is 60.7 Å². The summed E-state index contributed by atoms with van der Waals surface area (Å²) in [5, 5.41) is 12.9. The molecule has 2 aromatic heterocycles. The maximum atomic E-state index is 12.0. The van der Waals surface area contributed by atoms with E-state index < -0.39 is 0 Å². The van der Waals surface area contributed by atoms with Gasteiger partial charge in [0.15, 0.2) is 0 Å². The summed E-state index contributed by atoms with van der Waals surface area (Å²) < 4.78 is 7.65. The van der Waals surface area contributed by atoms with Crippen LogP contribution < -0.4 is 10.9 Å². The zero-order valence-electron chi connectivity index (χ0n) is 16.0. The molecule has 2 heterocycles. The SMILES string of the molecule is Cc1cc(C)c2oc(=O)cc(CNCc3nncn3C3CCCCC3)c2c1. The van der Waals surface area contributed by atoms with E-state index in [1.807, 2.05) is 19.3 Å². The predicted octanol–water partition coefficient (Wildman–Crippen LogP) is 3.80. The van der Waals surface area contributed by atoms with Gasteiger partial charge in [0.05, 0.1) is 6.54 Å². The van der Waals surface area contributed by atoms with E-state index in [1.165, 1.54) is 32.1 Å². The second-order valence-electron chi connectivity index (χ2n) is 7.60. The van der Waals surface area contributed by atoms with Crippen LogP contribution in [0.15, 0.2) is 33.7 Å². The fourth-order valence-corrected chi connectivity index (χ4v) is 4.19. The van der Waals surface area contributed by atoms with E-state index in [4.69, 9.17) is 4.42 Å². The van der Waals surface area contributed by atoms with Gasteiger partial charge in [0.25, 0.3) is 0 Å². The average molecular weight is 366 g/mol. The molecule has 0 spiro atoms. The Balaban J connectivity index is 1.52. The molecule has 3 aromatic rings. The summed E-state index contributed by atoms with van der Waals surface area (Å²) in [5.41, 5.74) is 3.47. The number of fused-ring (bicyclic) bond motifs is 1. The summed E-state index contributed by atoms with van der Waals surface area (Å²) in [6.45, 7) is 5.25. The Morgan fingerprint density at radius 2 is 1.96 bits per heavy atom. The van der Waals surface area contributed by atoms with Crippen molar-refractivity contribution in [2.75, 3.05) is 0 Å². The Hall–Kier alpha value is -2.47. The molecule has 1 fully saturated rings. The minimum Gasteiger partial charge on any atom is -0.422 e. The molecule has 142 valence electrons. The highest BCUT2D eigenvalue weighted by Crippen LogP contribution is 2.28. The highest BCUT2D eigenvalue weighted by Gasteiger charge is 2.18. The average Bonchev–Trinajstić information content (AvgIpc) is 3.12. The van der Waals surface area contributed by atoms with E-state index in [9.17, 15) is 4.79 Å². The highest BCUT2D eigenvalue weighted by molar-refractivity contribution is 5.83. The first-order valence-electron chi connectivity index (χ1n) is 9.75. The van der Waals surface area contributed by atoms with E-state index in [2.05, 4.69) is 33.1 Å². The number of nitrogens with one attached hydrogen (secondary N) is 1. The van der Waals surface area contributed by atoms with Gasteiger partial charge >= 0.3 is 5.63 Å². The van der Waals surface area contributed by atoms with E-state index in [1.54, 1.807) is 6.07 Å². The van der Waals surface area contributed by atoms with Gasteiger partial charge in [0.1, 0.15) is 17.7 Å². The number of benzene rings is 1. The van der Waals surface area contributed by atoms with E-state index in [0.29, 0.717) is 24.7 Å². The Morgan fingerprint density at radius 1 is 1.15 bits per heavy atom. The summed E-state index contributed by atoms with van der Waals surface area (Å²) in [5.74, 6) is 0.960. The molecule has 0 unspecified atom stereocenters. The third kappa shape index (κ3) is 3.81. The first-order valence-corrected chi connectivity index (χ1v) is 9.75. The molecule has 4 rings (SSSR count). The van der Waals surface area contributed by atoms with Crippen molar-refractivity contribution in [3.63, 3.8) is 0 Å². The molecule has 1 aliphatic carbocycles. The van der Waals surface area contributed by atoms with Crippen molar-refractivity contribution in [2.45, 2.75) is 65.1 Å². The molecule has 1 aromatic carbocycles. The van der Waals surface area contributed by atoms with Crippen LogP contribution in [0.25, 0.3) is 11.0 Å². The lowest BCUT2D eigenvalue weighted by atomic mass is 9.95. The Bertz CT molecular complexity index is 999. The molecule has 0 bridgehead atoms. The quantitative estimate of drug-likeness (QED) is 0.696. The third-order valence-electron chi connectivity index (χ3n) is 5.47. The van der Waals surface area contributed by atoms with Crippen LogP contribution in [0.2, 0.25) is 0 Å². The molecule has 0 aliphatic heterocycles. The van der Waals surface area contributed by atoms with E-state index >= 15 is 0 Å². The molecule has 0 radical (unpaired) electrons. The second kappa shape index (κ2) is 7.64. The number of nitrogens with zero attached hydrogens (tertiary/aromatic N) is 3. The largest absolute Gasteiger partial charge is 0.422 e. The van der Waals surface area contributed by atoms with Crippen molar-refractivity contribution in [1.29, 1.82) is 0 Å². The van der Waals surface area contributed by atoms with Gasteiger partial charge in [0, 0.05) is 24.0 Å². The van der Waals surface area contributed by atoms with Crippen LogP contribution in [0.5, 0.6) is 0 Å². The fourth-order valence-electron chi connectivity index (χ4n) is 4.19. The zero-order valence-corrected chi connectivity index (χ0v) is 16.0. The number of aromatic nitrogens is 3. The summed E-state index contributed by atoms with van der Waals surface area (Å²) in [7, 11) is 0. The van der Waals surface area contributed by atoms with Crippen LogP contribution in [0.4, 0.5) is 0 Å². The molecule has 27 heavy (non-hydrogen) atoms. The normalized spacial score (nSPS) is 15.5. The van der Waals surface area contributed by atoms with Crippen molar-refractivity contribution in [3.05, 3.63) is 57.5 Å². The molecular formula is C21H26N4O2. The standard InChI is InChI=1S/C21H26N4O2/c1-14-8-15(2)21-18(9-14)16(10-20(26)27-21)11-22-12-19-24-23-13-25(19)17-6-4-3-5-7-17/h8-10,13,17,22H,3-7,11-12H2,1-2H3. The predicted molar refractivity (Wildman–Crippen MR) is 105 cm³/mol. The van der Waals surface area contributed by atoms with Gasteiger partial charge in [-0.25, -0.2) is 4.79 Å². The maximum Gasteiger partial charge on any atom is 0.336 e. The van der Waals surface area contributed by atoms with Crippen molar-refractivity contribution >= 4 is 11.0 Å². The van der Waals surface area contributed by atoms with Crippen LogP contribution in [0.3, 0.4) is 0 Å². The summed E-state index contributed by atoms with van der Waals surface area (Å²) in [6.07, 6.45) is 8.14. The van der Waals surface area contributed by atoms with Gasteiger partial charge in [-0.3, -0.25) is 0 Å². The van der Waals surface area contributed by atoms with Crippen molar-refractivity contribution < 1.29 is 4.42 Å². The first kappa shape index (κ1) is 17.9. The van der Waals surface area contributed by atoms with E-state index in [-0.39, 0.29) is 5.63 Å². The minimum atomic E-state index is -0.309. The summed E-state index contributed by atoms with van der Waals surface area (Å²) in [6, 6.07) is 6.21. The van der Waals surface area contributed by atoms with Crippen LogP contribution in [-0.4, -0.2) is 14.8 Å². The summed E-state index contributed by atoms with van der Waals surface area (Å²) in [4.78, 5) is 12.0. The number of rotatable bonds is 5. The maximum absolute atomic E-state index is 12.0. The fraction of sp³-hybridized carbons (Fsp3) is 0.476. The number of hydrogen-bond donors (Lipinski definition) is 1. The zero-order chi connectivity index (χ0) is 18.8. The third-order valence-corrected chi connectivity index (χ3v) is 5.47. The molecule has 1 N–H and O–H groups in total. The van der Waals surface area contributed by atoms with E-state index in [0.717, 1.165) is 27.9 Å². The minimum absolute atomic E-state index is 0.309. The van der Waals surface area contributed by atoms with Crippen LogP contribution >= 0.6 is 0 Å². The number of aryl methyl sites for hydroxylation is 2. The van der Waals surface area contributed by atoms with Crippen LogP contribution in [-0.2, 0) is 13.1 Å². The van der Waals surface area contributed by atoms with Gasteiger partial charge in [-0.05, 0) is 49.4 Å². The molecular weight excluding hydrogens is 340 g/mol. The lowest BCUT2D eigenvalue weighted by Crippen LogP contribution is -2.21. The molecule has 1 aliphatic rings. The second-order valence-corrected chi connectivity index (χ2v) is 7.60.